The second-order valence-electron chi connectivity index (χ2n) is 24.1. The Balaban J connectivity index is 1.56. The zero-order chi connectivity index (χ0) is 70.1. The zero-order valence-corrected chi connectivity index (χ0v) is 55.3. The lowest BCUT2D eigenvalue weighted by atomic mass is 10.0. The number of hydrogen-bond donors (Lipinski definition) is 15. The van der Waals surface area contributed by atoms with Gasteiger partial charge in [0, 0.05) is 45.3 Å². The molecule has 0 saturated carbocycles. The van der Waals surface area contributed by atoms with Crippen molar-refractivity contribution in [2.75, 3.05) is 44.7 Å². The summed E-state index contributed by atoms with van der Waals surface area (Å²) in [4.78, 5) is 185. The van der Waals surface area contributed by atoms with Crippen LogP contribution in [0, 0.1) is 5.92 Å². The smallest absolute Gasteiger partial charge is 0.245 e. The Morgan fingerprint density at radius 3 is 1.51 bits per heavy atom. The molecule has 95 heavy (non-hydrogen) atoms. The van der Waals surface area contributed by atoms with Gasteiger partial charge < -0.3 is 92.5 Å². The molecule has 2 aliphatic rings. The van der Waals surface area contributed by atoms with Gasteiger partial charge in [-0.2, -0.15) is 11.8 Å². The van der Waals surface area contributed by atoms with Crippen molar-refractivity contribution in [1.82, 2.24) is 52.3 Å². The molecule has 2 heterocycles. The highest BCUT2D eigenvalue weighted by molar-refractivity contribution is 7.98. The maximum Gasteiger partial charge on any atom is 0.245 e. The van der Waals surface area contributed by atoms with Crippen molar-refractivity contribution >= 4 is 94.5 Å². The van der Waals surface area contributed by atoms with E-state index >= 15 is 0 Å². The number of likely N-dealkylation sites (tertiary alicyclic amines) is 2. The molecule has 32 heteroatoms. The Morgan fingerprint density at radius 2 is 1.01 bits per heavy atom. The molecule has 31 nitrogen and oxygen atoms in total. The lowest BCUT2D eigenvalue weighted by Crippen LogP contribution is -2.60. The second kappa shape index (κ2) is 41.0. The van der Waals surface area contributed by atoms with E-state index in [1.54, 1.807) is 60.7 Å². The lowest BCUT2D eigenvalue weighted by molar-refractivity contribution is -0.144. The molecule has 0 spiro atoms. The number of guanidine groups is 1. The molecule has 4 rings (SSSR count). The number of carbonyl (C=O) groups is 13. The summed E-state index contributed by atoms with van der Waals surface area (Å²) in [6.07, 6.45) is 3.12. The number of nitrogens with two attached hydrogens (primary N) is 7. The van der Waals surface area contributed by atoms with Crippen LogP contribution in [0.5, 0.6) is 0 Å². The summed E-state index contributed by atoms with van der Waals surface area (Å²) in [6, 6.07) is 4.51. The van der Waals surface area contributed by atoms with Crippen molar-refractivity contribution in [2.24, 2.45) is 51.0 Å². The van der Waals surface area contributed by atoms with Gasteiger partial charge in [-0.15, -0.1) is 0 Å². The highest BCUT2D eigenvalue weighted by atomic mass is 32.2. The Kier molecular flexibility index (Phi) is 33.9. The summed E-state index contributed by atoms with van der Waals surface area (Å²) in [5.74, 6) is -9.80. The number of rotatable bonds is 42. The van der Waals surface area contributed by atoms with Crippen LogP contribution >= 0.6 is 11.8 Å². The van der Waals surface area contributed by atoms with Crippen LogP contribution in [0.4, 0.5) is 0 Å². The number of thioether (sulfide) groups is 1. The lowest BCUT2D eigenvalue weighted by Gasteiger charge is -2.32. The molecule has 10 atom stereocenters. The predicted molar refractivity (Wildman–Crippen MR) is 356 cm³/mol. The fourth-order valence-corrected chi connectivity index (χ4v) is 11.5. The Morgan fingerprint density at radius 1 is 0.537 bits per heavy atom. The third kappa shape index (κ3) is 27.5. The molecule has 22 N–H and O–H groups in total. The number of nitrogens with one attached hydrogen (secondary N) is 8. The van der Waals surface area contributed by atoms with Gasteiger partial charge in [-0.25, -0.2) is 0 Å². The van der Waals surface area contributed by atoms with E-state index in [9.17, 15) is 62.3 Å². The van der Waals surface area contributed by atoms with Crippen LogP contribution in [0.3, 0.4) is 0 Å². The topological polar surface area (TPSA) is 519 Å². The van der Waals surface area contributed by atoms with E-state index in [1.165, 1.54) is 21.6 Å². The van der Waals surface area contributed by atoms with Crippen molar-refractivity contribution in [1.29, 1.82) is 0 Å². The van der Waals surface area contributed by atoms with Crippen LogP contribution in [-0.2, 0) is 75.2 Å². The fraction of sp³-hybridized carbons (Fsp3) is 0.587. The molecule has 2 saturated heterocycles. The van der Waals surface area contributed by atoms with Gasteiger partial charge in [-0.05, 0) is 119 Å². The van der Waals surface area contributed by atoms with Crippen molar-refractivity contribution in [3.05, 3.63) is 71.8 Å². The van der Waals surface area contributed by atoms with E-state index in [1.807, 2.05) is 20.1 Å². The average molecular weight is 1350 g/mol. The third-order valence-corrected chi connectivity index (χ3v) is 16.7. The summed E-state index contributed by atoms with van der Waals surface area (Å²) < 4.78 is 0. The first-order valence-corrected chi connectivity index (χ1v) is 33.6. The number of nitrogens with zero attached hydrogens (tertiary/aromatic N) is 3. The molecule has 0 aromatic heterocycles. The quantitative estimate of drug-likeness (QED) is 0.0173. The Labute approximate surface area is 558 Å². The minimum atomic E-state index is -1.64. The van der Waals surface area contributed by atoms with Crippen molar-refractivity contribution in [3.8, 4) is 0 Å². The Hall–Kier alpha value is -8.91. The third-order valence-electron chi connectivity index (χ3n) is 16.0. The van der Waals surface area contributed by atoms with E-state index in [0.717, 1.165) is 0 Å². The second-order valence-corrected chi connectivity index (χ2v) is 25.1. The Bertz CT molecular complexity index is 2960. The maximum atomic E-state index is 14.7. The van der Waals surface area contributed by atoms with Gasteiger partial charge in [0.15, 0.2) is 5.96 Å². The van der Waals surface area contributed by atoms with Crippen molar-refractivity contribution < 1.29 is 62.3 Å². The van der Waals surface area contributed by atoms with Gasteiger partial charge in [0.2, 0.25) is 76.8 Å². The van der Waals surface area contributed by atoms with Gasteiger partial charge in [0.25, 0.3) is 0 Å². The number of unbranched alkanes of at least 4 members (excludes halogenated alkanes) is 1. The van der Waals surface area contributed by atoms with E-state index in [-0.39, 0.29) is 83.0 Å². The molecule has 0 aliphatic carbocycles. The van der Waals surface area contributed by atoms with Crippen molar-refractivity contribution in [3.63, 3.8) is 0 Å². The number of amides is 13. The zero-order valence-electron chi connectivity index (χ0n) is 54.5. The normalized spacial score (nSPS) is 16.8. The van der Waals surface area contributed by atoms with E-state index in [2.05, 4.69) is 47.5 Å². The maximum absolute atomic E-state index is 14.7. The standard InChI is InChI=1S/C63H98N18O13S/c1-37(2)33-45(57(89)74-41(53(68)85)27-32-95-3)73-52(84)36-72-54(86)46(34-38-15-6-4-7-16-38)78-58(90)47(35-39-17-8-5-9-18-39)79-56(88)42(23-25-50(66)82)75-55(87)43(24-26-51(67)83)76-59(91)49-22-14-31-81(49)62(94)44(20-10-11-28-64)77-60(92)48-21-13-30-80(48)61(93)40(65)19-12-29-71-63(69)70/h4-9,15-18,37,40-49H,10-14,19-36,64-65H2,1-3H3,(H2,66,82)(H2,67,83)(H2,68,85)(H,72,86)(H,73,84)(H,74,89)(H,75,87)(H,76,91)(H,77,92)(H,78,90)(H,79,88)(H4,69,70,71)/t40-,41+,42+,43-,44+,45+,46+,47-,48+,49+/m1/s1. The van der Waals surface area contributed by atoms with Gasteiger partial charge in [-0.1, -0.05) is 74.5 Å². The summed E-state index contributed by atoms with van der Waals surface area (Å²) in [6.45, 7) is 3.86. The van der Waals surface area contributed by atoms with Gasteiger partial charge >= 0.3 is 0 Å². The first kappa shape index (κ1) is 78.5. The summed E-state index contributed by atoms with van der Waals surface area (Å²) in [5.41, 5.74) is 40.6. The van der Waals surface area contributed by atoms with Crippen LogP contribution in [0.1, 0.15) is 121 Å². The summed E-state index contributed by atoms with van der Waals surface area (Å²) in [5, 5.41) is 21.1. The van der Waals surface area contributed by atoms with Crippen LogP contribution in [-0.4, -0.2) is 198 Å². The molecule has 524 valence electrons. The van der Waals surface area contributed by atoms with Crippen LogP contribution in [0.2, 0.25) is 0 Å². The minimum absolute atomic E-state index is 0.0736. The minimum Gasteiger partial charge on any atom is -0.370 e. The van der Waals surface area contributed by atoms with Gasteiger partial charge in [-0.3, -0.25) is 67.3 Å². The van der Waals surface area contributed by atoms with Gasteiger partial charge in [0.1, 0.15) is 54.4 Å². The van der Waals surface area contributed by atoms with E-state index in [4.69, 9.17) is 40.1 Å². The molecule has 0 unspecified atom stereocenters. The molecular weight excluding hydrogens is 1250 g/mol. The number of carbonyl (C=O) groups excluding carboxylic acids is 13. The monoisotopic (exact) mass is 1350 g/mol. The summed E-state index contributed by atoms with van der Waals surface area (Å²) >= 11 is 1.45. The highest BCUT2D eigenvalue weighted by Crippen LogP contribution is 2.24. The first-order valence-electron chi connectivity index (χ1n) is 32.2. The van der Waals surface area contributed by atoms with E-state index in [0.29, 0.717) is 55.4 Å². The molecule has 0 radical (unpaired) electrons. The van der Waals surface area contributed by atoms with Gasteiger partial charge in [0.05, 0.1) is 12.6 Å². The first-order chi connectivity index (χ1) is 45.2. The fourth-order valence-electron chi connectivity index (χ4n) is 11.0. The average Bonchev–Trinajstić information content (AvgIpc) is 1.74. The number of primary amides is 3. The summed E-state index contributed by atoms with van der Waals surface area (Å²) in [7, 11) is 0. The van der Waals surface area contributed by atoms with Crippen LogP contribution < -0.4 is 82.7 Å². The SMILES string of the molecule is CSCC[C@H](NC(=O)[C@H](CC(C)C)NC(=O)CNC(=O)[C@H](Cc1ccccc1)NC(=O)[C@@H](Cc1ccccc1)NC(=O)[C@H](CCC(N)=O)NC(=O)[C@@H](CCC(N)=O)NC(=O)[C@@H]1CCCN1C(=O)[C@H](CCCCN)NC(=O)[C@@H]1CCCN1C(=O)[C@H](N)CCCN=C(N)N)C(N)=O. The molecule has 2 aliphatic heterocycles. The molecule has 2 aromatic rings. The van der Waals surface area contributed by atoms with Crippen LogP contribution in [0.25, 0.3) is 0 Å². The highest BCUT2D eigenvalue weighted by Gasteiger charge is 2.42. The van der Waals surface area contributed by atoms with Crippen LogP contribution in [0.15, 0.2) is 65.7 Å². The molecular formula is C63H98N18O13S. The molecule has 0 bridgehead atoms. The molecule has 2 fully saturated rings. The largest absolute Gasteiger partial charge is 0.370 e. The number of benzene rings is 2. The predicted octanol–water partition coefficient (Wildman–Crippen LogP) is -3.71. The number of hydrogen-bond acceptors (Lipinski definition) is 17. The molecule has 2 aromatic carbocycles. The van der Waals surface area contributed by atoms with Crippen molar-refractivity contribution in [2.45, 2.75) is 183 Å². The number of aliphatic imine (C=N–C) groups is 1. The van der Waals surface area contributed by atoms with E-state index < -0.39 is 169 Å². The molecule has 13 amide bonds.